The van der Waals surface area contributed by atoms with Crippen molar-refractivity contribution in [3.63, 3.8) is 0 Å². The molecule has 1 aliphatic rings. The number of hydrogen-bond donors (Lipinski definition) is 1. The zero-order valence-corrected chi connectivity index (χ0v) is 10.5. The second kappa shape index (κ2) is 5.01. The Balaban J connectivity index is 2.12. The normalized spacial score (nSPS) is 18.4. The highest BCUT2D eigenvalue weighted by molar-refractivity contribution is 5.92. The first-order valence-corrected chi connectivity index (χ1v) is 6.19. The van der Waals surface area contributed by atoms with Crippen molar-refractivity contribution in [2.75, 3.05) is 13.2 Å². The van der Waals surface area contributed by atoms with Crippen LogP contribution in [0.3, 0.4) is 0 Å². The van der Waals surface area contributed by atoms with Crippen molar-refractivity contribution in [2.24, 2.45) is 0 Å². The fraction of sp³-hybridized carbons (Fsp3) is 0.308. The Morgan fingerprint density at radius 2 is 2.15 bits per heavy atom. The average Bonchev–Trinajstić information content (AvgIpc) is 3.08. The minimum Gasteiger partial charge on any atom is -0.476 e. The van der Waals surface area contributed by atoms with Gasteiger partial charge in [0.2, 0.25) is 0 Å². The predicted octanol–water partition coefficient (Wildman–Crippen LogP) is 1.74. The van der Waals surface area contributed by atoms with Crippen molar-refractivity contribution in [2.45, 2.75) is 12.5 Å². The van der Waals surface area contributed by atoms with Crippen LogP contribution in [0.2, 0.25) is 0 Å². The Labute approximate surface area is 113 Å². The average molecular weight is 277 g/mol. The van der Waals surface area contributed by atoms with Crippen molar-refractivity contribution in [3.8, 4) is 11.3 Å². The van der Waals surface area contributed by atoms with E-state index in [2.05, 4.69) is 10.3 Å². The lowest BCUT2D eigenvalue weighted by molar-refractivity contribution is 0.0691. The van der Waals surface area contributed by atoms with Crippen LogP contribution in [0.4, 0.5) is 4.39 Å². The van der Waals surface area contributed by atoms with Gasteiger partial charge in [0.1, 0.15) is 11.5 Å². The van der Waals surface area contributed by atoms with Gasteiger partial charge < -0.3 is 9.84 Å². The monoisotopic (exact) mass is 277 g/mol. The summed E-state index contributed by atoms with van der Waals surface area (Å²) in [4.78, 5) is 11.3. The Bertz CT molecular complexity index is 633. The molecule has 2 aromatic rings. The van der Waals surface area contributed by atoms with Crippen molar-refractivity contribution >= 4 is 5.97 Å². The van der Waals surface area contributed by atoms with E-state index in [1.54, 1.807) is 4.68 Å². The fourth-order valence-corrected chi connectivity index (χ4v) is 2.28. The molecule has 1 N–H and O–H groups in total. The molecule has 1 aromatic carbocycles. The Morgan fingerprint density at radius 1 is 1.40 bits per heavy atom. The smallest absolute Gasteiger partial charge is 0.358 e. The molecular weight excluding hydrogens is 265 g/mol. The molecule has 1 saturated heterocycles. The molecule has 6 nitrogen and oxygen atoms in total. The largest absolute Gasteiger partial charge is 0.476 e. The van der Waals surface area contributed by atoms with Gasteiger partial charge in [-0.2, -0.15) is 0 Å². The van der Waals surface area contributed by atoms with Gasteiger partial charge in [0.25, 0.3) is 0 Å². The van der Waals surface area contributed by atoms with E-state index in [9.17, 15) is 14.3 Å². The summed E-state index contributed by atoms with van der Waals surface area (Å²) in [7, 11) is 0. The molecule has 0 bridgehead atoms. The SMILES string of the molecule is O=C(O)c1nnn(C2CCOC2)c1-c1ccc(F)cc1. The lowest BCUT2D eigenvalue weighted by Crippen LogP contribution is -2.12. The number of hydrogen-bond acceptors (Lipinski definition) is 4. The van der Waals surface area contributed by atoms with Crippen LogP contribution in [0.1, 0.15) is 23.0 Å². The Morgan fingerprint density at radius 3 is 2.75 bits per heavy atom. The van der Waals surface area contributed by atoms with Gasteiger partial charge >= 0.3 is 5.97 Å². The van der Waals surface area contributed by atoms with Gasteiger partial charge in [0.05, 0.1) is 12.6 Å². The maximum absolute atomic E-state index is 13.0. The molecule has 1 aromatic heterocycles. The van der Waals surface area contributed by atoms with Crippen molar-refractivity contribution < 1.29 is 19.0 Å². The standard InChI is InChI=1S/C13H12FN3O3/c14-9-3-1-8(2-4-9)12-11(13(18)19)15-16-17(12)10-5-6-20-7-10/h1-4,10H,5-7H2,(H,18,19). The summed E-state index contributed by atoms with van der Waals surface area (Å²) in [6.45, 7) is 1.08. The van der Waals surface area contributed by atoms with Crippen LogP contribution in [0.15, 0.2) is 24.3 Å². The lowest BCUT2D eigenvalue weighted by atomic mass is 10.1. The molecule has 0 spiro atoms. The maximum atomic E-state index is 13.0. The zero-order chi connectivity index (χ0) is 14.1. The summed E-state index contributed by atoms with van der Waals surface area (Å²) in [6, 6.07) is 5.56. The highest BCUT2D eigenvalue weighted by Crippen LogP contribution is 2.28. The zero-order valence-electron chi connectivity index (χ0n) is 10.5. The van der Waals surface area contributed by atoms with Gasteiger partial charge in [0, 0.05) is 12.2 Å². The number of aromatic nitrogens is 3. The molecular formula is C13H12FN3O3. The summed E-state index contributed by atoms with van der Waals surface area (Å²) in [5.74, 6) is -1.54. The number of ether oxygens (including phenoxy) is 1. The van der Waals surface area contributed by atoms with Crippen LogP contribution in [-0.4, -0.2) is 39.3 Å². The van der Waals surface area contributed by atoms with Crippen LogP contribution in [-0.2, 0) is 4.74 Å². The number of nitrogens with zero attached hydrogens (tertiary/aromatic N) is 3. The molecule has 104 valence electrons. The number of carboxylic acids is 1. The van der Waals surface area contributed by atoms with E-state index in [1.807, 2.05) is 0 Å². The van der Waals surface area contributed by atoms with Crippen LogP contribution in [0.25, 0.3) is 11.3 Å². The van der Waals surface area contributed by atoms with Crippen LogP contribution < -0.4 is 0 Å². The minimum atomic E-state index is -1.16. The molecule has 0 radical (unpaired) electrons. The van der Waals surface area contributed by atoms with Crippen molar-refractivity contribution in [3.05, 3.63) is 35.8 Å². The van der Waals surface area contributed by atoms with Crippen LogP contribution in [0, 0.1) is 5.82 Å². The van der Waals surface area contributed by atoms with E-state index in [4.69, 9.17) is 4.74 Å². The van der Waals surface area contributed by atoms with Gasteiger partial charge in [-0.05, 0) is 30.7 Å². The summed E-state index contributed by atoms with van der Waals surface area (Å²) in [5.41, 5.74) is 0.817. The third-order valence-corrected chi connectivity index (χ3v) is 3.27. The first-order chi connectivity index (χ1) is 9.66. The van der Waals surface area contributed by atoms with Gasteiger partial charge in [-0.15, -0.1) is 5.10 Å². The summed E-state index contributed by atoms with van der Waals surface area (Å²) in [5, 5.41) is 16.9. The predicted molar refractivity (Wildman–Crippen MR) is 66.8 cm³/mol. The van der Waals surface area contributed by atoms with Crippen molar-refractivity contribution in [1.82, 2.24) is 15.0 Å². The van der Waals surface area contributed by atoms with E-state index in [-0.39, 0.29) is 17.6 Å². The highest BCUT2D eigenvalue weighted by Gasteiger charge is 2.27. The molecule has 20 heavy (non-hydrogen) atoms. The van der Waals surface area contributed by atoms with E-state index in [1.165, 1.54) is 24.3 Å². The highest BCUT2D eigenvalue weighted by atomic mass is 19.1. The number of carboxylic acid groups (broad SMARTS) is 1. The minimum absolute atomic E-state index is 0.0457. The topological polar surface area (TPSA) is 77.2 Å². The molecule has 1 fully saturated rings. The van der Waals surface area contributed by atoms with E-state index in [0.29, 0.717) is 24.5 Å². The summed E-state index contributed by atoms with van der Waals surface area (Å²) < 4.78 is 19.9. The van der Waals surface area contributed by atoms with Gasteiger partial charge in [-0.1, -0.05) is 5.21 Å². The summed E-state index contributed by atoms with van der Waals surface area (Å²) in [6.07, 6.45) is 0.747. The van der Waals surface area contributed by atoms with E-state index in [0.717, 1.165) is 6.42 Å². The molecule has 0 aliphatic carbocycles. The first-order valence-electron chi connectivity index (χ1n) is 6.19. The molecule has 0 amide bonds. The van der Waals surface area contributed by atoms with Gasteiger partial charge in [-0.3, -0.25) is 0 Å². The molecule has 1 aliphatic heterocycles. The number of aromatic carboxylic acids is 1. The fourth-order valence-electron chi connectivity index (χ4n) is 2.28. The molecule has 1 atom stereocenters. The Hall–Kier alpha value is -2.28. The molecule has 0 saturated carbocycles. The first kappa shape index (κ1) is 12.7. The van der Waals surface area contributed by atoms with Gasteiger partial charge in [-0.25, -0.2) is 13.9 Å². The molecule has 3 rings (SSSR count). The Kier molecular flexibility index (Phi) is 3.19. The maximum Gasteiger partial charge on any atom is 0.358 e. The second-order valence-electron chi connectivity index (χ2n) is 4.56. The number of rotatable bonds is 3. The second-order valence-corrected chi connectivity index (χ2v) is 4.56. The van der Waals surface area contributed by atoms with Crippen LogP contribution in [0.5, 0.6) is 0 Å². The number of halogens is 1. The number of carbonyl (C=O) groups is 1. The van der Waals surface area contributed by atoms with E-state index < -0.39 is 5.97 Å². The van der Waals surface area contributed by atoms with Crippen LogP contribution >= 0.6 is 0 Å². The molecule has 1 unspecified atom stereocenters. The quantitative estimate of drug-likeness (QED) is 0.924. The van der Waals surface area contributed by atoms with E-state index >= 15 is 0 Å². The molecule has 7 heteroatoms. The summed E-state index contributed by atoms with van der Waals surface area (Å²) >= 11 is 0. The third kappa shape index (κ3) is 2.16. The number of benzene rings is 1. The van der Waals surface area contributed by atoms with Gasteiger partial charge in [0.15, 0.2) is 5.69 Å². The lowest BCUT2D eigenvalue weighted by Gasteiger charge is -2.12. The van der Waals surface area contributed by atoms with Crippen molar-refractivity contribution in [1.29, 1.82) is 0 Å². The third-order valence-electron chi connectivity index (χ3n) is 3.27. The molecule has 2 heterocycles.